The van der Waals surface area contributed by atoms with Crippen molar-refractivity contribution in [1.82, 2.24) is 5.43 Å². The van der Waals surface area contributed by atoms with Crippen LogP contribution in [0.2, 0.25) is 0 Å². The van der Waals surface area contributed by atoms with Crippen molar-refractivity contribution in [2.75, 3.05) is 0 Å². The van der Waals surface area contributed by atoms with Crippen LogP contribution in [0, 0.1) is 5.82 Å². The zero-order chi connectivity index (χ0) is 12.8. The molecule has 1 aromatic rings. The van der Waals surface area contributed by atoms with Crippen molar-refractivity contribution >= 4 is 0 Å². The second-order valence-corrected chi connectivity index (χ2v) is 5.01. The predicted octanol–water partition coefficient (Wildman–Crippen LogP) is 3.09. The number of hydrogen-bond acceptors (Lipinski definition) is 2. The Morgan fingerprint density at radius 3 is 2.83 bits per heavy atom. The van der Waals surface area contributed by atoms with Gasteiger partial charge in [-0.3, -0.25) is 11.3 Å². The van der Waals surface area contributed by atoms with Gasteiger partial charge in [0.15, 0.2) is 0 Å². The largest absolute Gasteiger partial charge is 0.271 e. The van der Waals surface area contributed by atoms with Crippen LogP contribution in [0.4, 0.5) is 4.39 Å². The zero-order valence-corrected chi connectivity index (χ0v) is 10.7. The van der Waals surface area contributed by atoms with Crippen molar-refractivity contribution in [3.63, 3.8) is 0 Å². The lowest BCUT2D eigenvalue weighted by Gasteiger charge is -2.20. The molecule has 1 unspecified atom stereocenters. The molecule has 1 aliphatic rings. The molecule has 0 saturated carbocycles. The van der Waals surface area contributed by atoms with Gasteiger partial charge in [0, 0.05) is 6.04 Å². The Kier molecular flexibility index (Phi) is 4.90. The minimum Gasteiger partial charge on any atom is -0.271 e. The van der Waals surface area contributed by atoms with Gasteiger partial charge in [-0.15, -0.1) is 0 Å². The summed E-state index contributed by atoms with van der Waals surface area (Å²) in [6.45, 7) is 0. The molecule has 2 rings (SSSR count). The molecule has 0 heterocycles. The fraction of sp³-hybridized carbons (Fsp3) is 0.467. The number of rotatable bonds is 5. The van der Waals surface area contributed by atoms with E-state index in [0.29, 0.717) is 0 Å². The molecule has 1 atom stereocenters. The summed E-state index contributed by atoms with van der Waals surface area (Å²) in [5.74, 6) is 5.42. The normalized spacial score (nSPS) is 17.3. The van der Waals surface area contributed by atoms with Gasteiger partial charge in [-0.1, -0.05) is 23.8 Å². The molecule has 18 heavy (non-hydrogen) atoms. The van der Waals surface area contributed by atoms with Gasteiger partial charge in [-0.05, 0) is 56.2 Å². The first-order valence-corrected chi connectivity index (χ1v) is 6.66. The van der Waals surface area contributed by atoms with Gasteiger partial charge >= 0.3 is 0 Å². The summed E-state index contributed by atoms with van der Waals surface area (Å²) in [5, 5.41) is 0. The number of nitrogens with one attached hydrogen (secondary N) is 1. The van der Waals surface area contributed by atoms with E-state index in [1.165, 1.54) is 37.3 Å². The van der Waals surface area contributed by atoms with Gasteiger partial charge in [0.2, 0.25) is 0 Å². The summed E-state index contributed by atoms with van der Waals surface area (Å²) in [7, 11) is 0. The molecule has 1 aliphatic carbocycles. The number of hydrazine groups is 1. The third kappa shape index (κ3) is 3.93. The molecule has 0 aliphatic heterocycles. The molecule has 0 radical (unpaired) electrons. The molecular weight excluding hydrogens is 227 g/mol. The molecule has 0 saturated heterocycles. The van der Waals surface area contributed by atoms with Crippen LogP contribution in [0.25, 0.3) is 0 Å². The standard InChI is InChI=1S/C15H21FN2/c16-14-8-4-7-13(9-14)11-15(18-17)10-12-5-2-1-3-6-12/h4-5,7-9,15,18H,1-3,6,10-11,17H2. The first kappa shape index (κ1) is 13.2. The second-order valence-electron chi connectivity index (χ2n) is 5.01. The van der Waals surface area contributed by atoms with Crippen LogP contribution in [-0.4, -0.2) is 6.04 Å². The quantitative estimate of drug-likeness (QED) is 0.477. The minimum atomic E-state index is -0.180. The Bertz CT molecular complexity index is 415. The van der Waals surface area contributed by atoms with Gasteiger partial charge in [0.25, 0.3) is 0 Å². The van der Waals surface area contributed by atoms with Crippen LogP contribution in [-0.2, 0) is 6.42 Å². The molecular formula is C15H21FN2. The fourth-order valence-electron chi connectivity index (χ4n) is 2.55. The smallest absolute Gasteiger partial charge is 0.123 e. The van der Waals surface area contributed by atoms with Gasteiger partial charge in [0.05, 0.1) is 0 Å². The maximum atomic E-state index is 13.1. The SMILES string of the molecule is NNC(CC1=CCCCC1)Cc1cccc(F)c1. The summed E-state index contributed by atoms with van der Waals surface area (Å²) in [6, 6.07) is 6.94. The highest BCUT2D eigenvalue weighted by Gasteiger charge is 2.12. The maximum absolute atomic E-state index is 13.1. The molecule has 1 aromatic carbocycles. The third-order valence-corrected chi connectivity index (χ3v) is 3.50. The Hall–Kier alpha value is -1.19. The van der Waals surface area contributed by atoms with Crippen LogP contribution in [0.5, 0.6) is 0 Å². The summed E-state index contributed by atoms with van der Waals surface area (Å²) >= 11 is 0. The second kappa shape index (κ2) is 6.66. The molecule has 98 valence electrons. The van der Waals surface area contributed by atoms with E-state index >= 15 is 0 Å². The minimum absolute atomic E-state index is 0.180. The number of allylic oxidation sites excluding steroid dienone is 1. The highest BCUT2D eigenvalue weighted by Crippen LogP contribution is 2.22. The van der Waals surface area contributed by atoms with Crippen molar-refractivity contribution in [3.8, 4) is 0 Å². The van der Waals surface area contributed by atoms with E-state index < -0.39 is 0 Å². The monoisotopic (exact) mass is 248 g/mol. The Labute approximate surface area is 108 Å². The highest BCUT2D eigenvalue weighted by molar-refractivity contribution is 5.18. The number of halogens is 1. The lowest BCUT2D eigenvalue weighted by Crippen LogP contribution is -2.37. The highest BCUT2D eigenvalue weighted by atomic mass is 19.1. The number of benzene rings is 1. The third-order valence-electron chi connectivity index (χ3n) is 3.50. The molecule has 0 aromatic heterocycles. The van der Waals surface area contributed by atoms with E-state index in [4.69, 9.17) is 5.84 Å². The predicted molar refractivity (Wildman–Crippen MR) is 72.4 cm³/mol. The lowest BCUT2D eigenvalue weighted by molar-refractivity contribution is 0.503. The van der Waals surface area contributed by atoms with Crippen molar-refractivity contribution in [2.45, 2.75) is 44.6 Å². The number of hydrogen-bond donors (Lipinski definition) is 2. The maximum Gasteiger partial charge on any atom is 0.123 e. The van der Waals surface area contributed by atoms with Gasteiger partial charge in [-0.25, -0.2) is 4.39 Å². The number of nitrogens with two attached hydrogens (primary N) is 1. The lowest BCUT2D eigenvalue weighted by atomic mass is 9.92. The average Bonchev–Trinajstić information content (AvgIpc) is 2.39. The Morgan fingerprint density at radius 2 is 2.17 bits per heavy atom. The molecule has 0 fully saturated rings. The molecule has 0 bridgehead atoms. The van der Waals surface area contributed by atoms with E-state index in [9.17, 15) is 4.39 Å². The van der Waals surface area contributed by atoms with Crippen molar-refractivity contribution in [2.24, 2.45) is 5.84 Å². The van der Waals surface area contributed by atoms with E-state index in [-0.39, 0.29) is 11.9 Å². The molecule has 0 spiro atoms. The first-order valence-electron chi connectivity index (χ1n) is 6.66. The fourth-order valence-corrected chi connectivity index (χ4v) is 2.55. The van der Waals surface area contributed by atoms with Crippen LogP contribution in [0.3, 0.4) is 0 Å². The summed E-state index contributed by atoms with van der Waals surface area (Å²) < 4.78 is 13.1. The average molecular weight is 248 g/mol. The summed E-state index contributed by atoms with van der Waals surface area (Å²) in [5.41, 5.74) is 5.34. The van der Waals surface area contributed by atoms with Crippen molar-refractivity contribution in [1.29, 1.82) is 0 Å². The van der Waals surface area contributed by atoms with Crippen molar-refractivity contribution in [3.05, 3.63) is 47.3 Å². The Morgan fingerprint density at radius 1 is 1.28 bits per heavy atom. The van der Waals surface area contributed by atoms with E-state index in [1.54, 1.807) is 12.1 Å². The summed E-state index contributed by atoms with van der Waals surface area (Å²) in [6.07, 6.45) is 9.02. The van der Waals surface area contributed by atoms with Crippen LogP contribution >= 0.6 is 0 Å². The molecule has 3 heteroatoms. The van der Waals surface area contributed by atoms with Gasteiger partial charge in [-0.2, -0.15) is 0 Å². The van der Waals surface area contributed by atoms with E-state index in [0.717, 1.165) is 18.4 Å². The topological polar surface area (TPSA) is 38.0 Å². The molecule has 0 amide bonds. The van der Waals surface area contributed by atoms with Gasteiger partial charge in [0.1, 0.15) is 5.82 Å². The van der Waals surface area contributed by atoms with Crippen LogP contribution in [0.1, 0.15) is 37.7 Å². The van der Waals surface area contributed by atoms with Crippen LogP contribution in [0.15, 0.2) is 35.9 Å². The Balaban J connectivity index is 1.94. The molecule has 3 N–H and O–H groups in total. The van der Waals surface area contributed by atoms with Crippen molar-refractivity contribution < 1.29 is 4.39 Å². The first-order chi connectivity index (χ1) is 8.78. The van der Waals surface area contributed by atoms with E-state index in [1.807, 2.05) is 6.07 Å². The summed E-state index contributed by atoms with van der Waals surface area (Å²) in [4.78, 5) is 0. The molecule has 2 nitrogen and oxygen atoms in total. The van der Waals surface area contributed by atoms with E-state index in [2.05, 4.69) is 11.5 Å². The van der Waals surface area contributed by atoms with Crippen LogP contribution < -0.4 is 11.3 Å². The van der Waals surface area contributed by atoms with Gasteiger partial charge < -0.3 is 0 Å². The zero-order valence-electron chi connectivity index (χ0n) is 10.7.